The number of piperazine rings is 1. The number of nitrogens with zero attached hydrogens (tertiary/aromatic N) is 3. The van der Waals surface area contributed by atoms with E-state index in [4.69, 9.17) is 4.74 Å². The van der Waals surface area contributed by atoms with Gasteiger partial charge in [0.25, 0.3) is 5.91 Å². The van der Waals surface area contributed by atoms with E-state index in [1.165, 1.54) is 5.56 Å². The number of carbonyl (C=O) groups excluding carboxylic acids is 2. The van der Waals surface area contributed by atoms with Crippen molar-refractivity contribution in [3.8, 4) is 11.5 Å². The molecule has 0 spiro atoms. The Bertz CT molecular complexity index is 1240. The number of phenolic OH excluding ortho intramolecular Hbond substituents is 1. The van der Waals surface area contributed by atoms with Crippen molar-refractivity contribution >= 4 is 22.6 Å². The van der Waals surface area contributed by atoms with Gasteiger partial charge in [0, 0.05) is 44.7 Å². The van der Waals surface area contributed by atoms with Crippen molar-refractivity contribution in [2.24, 2.45) is 0 Å². The van der Waals surface area contributed by atoms with Crippen LogP contribution in [0.15, 0.2) is 60.7 Å². The Balaban J connectivity index is 1.21. The van der Waals surface area contributed by atoms with Gasteiger partial charge in [0.1, 0.15) is 17.5 Å². The SMILES string of the molecule is CCOc1ccc(CN2CCN(C(=O)C3CCCN3C(=O)c3ccc4ccccc4c3O)CC2)cc1. The lowest BCUT2D eigenvalue weighted by atomic mass is 10.0. The van der Waals surface area contributed by atoms with Gasteiger partial charge in [-0.2, -0.15) is 0 Å². The molecule has 188 valence electrons. The second-order valence-corrected chi connectivity index (χ2v) is 9.52. The first-order chi connectivity index (χ1) is 17.5. The Morgan fingerprint density at radius 1 is 0.944 bits per heavy atom. The molecule has 2 heterocycles. The summed E-state index contributed by atoms with van der Waals surface area (Å²) in [5, 5.41) is 12.3. The van der Waals surface area contributed by atoms with Crippen molar-refractivity contribution in [1.29, 1.82) is 0 Å². The topological polar surface area (TPSA) is 73.3 Å². The van der Waals surface area contributed by atoms with Gasteiger partial charge in [0.2, 0.25) is 5.91 Å². The van der Waals surface area contributed by atoms with Gasteiger partial charge in [0.05, 0.1) is 12.2 Å². The molecule has 0 bridgehead atoms. The quantitative estimate of drug-likeness (QED) is 0.571. The van der Waals surface area contributed by atoms with Crippen LogP contribution in [-0.2, 0) is 11.3 Å². The average Bonchev–Trinajstić information content (AvgIpc) is 3.40. The lowest BCUT2D eigenvalue weighted by Crippen LogP contribution is -2.54. The van der Waals surface area contributed by atoms with Crippen LogP contribution in [-0.4, -0.2) is 77.0 Å². The second-order valence-electron chi connectivity index (χ2n) is 9.52. The summed E-state index contributed by atoms with van der Waals surface area (Å²) in [5.74, 6) is 0.605. The molecule has 3 aromatic carbocycles. The molecular formula is C29H33N3O4. The van der Waals surface area contributed by atoms with Gasteiger partial charge in [-0.15, -0.1) is 0 Å². The number of carbonyl (C=O) groups is 2. The van der Waals surface area contributed by atoms with E-state index in [1.807, 2.05) is 48.2 Å². The molecule has 1 atom stereocenters. The molecule has 7 nitrogen and oxygen atoms in total. The highest BCUT2D eigenvalue weighted by molar-refractivity contribution is 6.05. The Labute approximate surface area is 211 Å². The Morgan fingerprint density at radius 3 is 2.44 bits per heavy atom. The number of amides is 2. The summed E-state index contributed by atoms with van der Waals surface area (Å²) in [6, 6.07) is 18.7. The van der Waals surface area contributed by atoms with Crippen LogP contribution < -0.4 is 4.74 Å². The first-order valence-electron chi connectivity index (χ1n) is 12.8. The summed E-state index contributed by atoms with van der Waals surface area (Å²) in [6.45, 7) is 6.88. The molecule has 0 aromatic heterocycles. The van der Waals surface area contributed by atoms with E-state index >= 15 is 0 Å². The minimum atomic E-state index is -0.471. The molecule has 7 heteroatoms. The summed E-state index contributed by atoms with van der Waals surface area (Å²) in [4.78, 5) is 32.7. The minimum absolute atomic E-state index is 0.0147. The van der Waals surface area contributed by atoms with Crippen LogP contribution in [0.1, 0.15) is 35.7 Å². The van der Waals surface area contributed by atoms with Crippen molar-refractivity contribution in [1.82, 2.24) is 14.7 Å². The van der Waals surface area contributed by atoms with Gasteiger partial charge >= 0.3 is 0 Å². The third kappa shape index (κ3) is 4.88. The van der Waals surface area contributed by atoms with Crippen LogP contribution in [0.25, 0.3) is 10.8 Å². The summed E-state index contributed by atoms with van der Waals surface area (Å²) in [5.41, 5.74) is 1.48. The van der Waals surface area contributed by atoms with Crippen LogP contribution in [0.2, 0.25) is 0 Å². The van der Waals surface area contributed by atoms with Gasteiger partial charge in [-0.25, -0.2) is 0 Å². The van der Waals surface area contributed by atoms with Gasteiger partial charge in [0.15, 0.2) is 0 Å². The zero-order chi connectivity index (χ0) is 25.1. The monoisotopic (exact) mass is 487 g/mol. The van der Waals surface area contributed by atoms with E-state index < -0.39 is 6.04 Å². The largest absolute Gasteiger partial charge is 0.506 e. The molecule has 2 saturated heterocycles. The number of likely N-dealkylation sites (tertiary alicyclic amines) is 1. The zero-order valence-corrected chi connectivity index (χ0v) is 20.7. The third-order valence-corrected chi connectivity index (χ3v) is 7.25. The number of hydrogen-bond donors (Lipinski definition) is 1. The average molecular weight is 488 g/mol. The molecule has 36 heavy (non-hydrogen) atoms. The molecule has 2 aliphatic heterocycles. The van der Waals surface area contributed by atoms with Crippen molar-refractivity contribution in [3.63, 3.8) is 0 Å². The lowest BCUT2D eigenvalue weighted by Gasteiger charge is -2.37. The summed E-state index contributed by atoms with van der Waals surface area (Å²) < 4.78 is 5.52. The molecule has 3 aromatic rings. The Morgan fingerprint density at radius 2 is 1.69 bits per heavy atom. The highest BCUT2D eigenvalue weighted by Crippen LogP contribution is 2.31. The smallest absolute Gasteiger partial charge is 0.258 e. The molecule has 2 amide bonds. The van der Waals surface area contributed by atoms with Gasteiger partial charge in [-0.1, -0.05) is 42.5 Å². The van der Waals surface area contributed by atoms with Crippen LogP contribution in [0.4, 0.5) is 0 Å². The molecule has 1 unspecified atom stereocenters. The van der Waals surface area contributed by atoms with Crippen LogP contribution >= 0.6 is 0 Å². The number of phenols is 1. The van der Waals surface area contributed by atoms with Gasteiger partial charge in [-0.3, -0.25) is 14.5 Å². The standard InChI is InChI=1S/C29H33N3O4/c1-2-36-23-12-9-21(10-13-23)20-30-16-18-31(19-17-30)29(35)26-8-5-15-32(26)28(34)25-14-11-22-6-3-4-7-24(22)27(25)33/h3-4,6-7,9-14,26,33H,2,5,8,15-20H2,1H3. The van der Waals surface area contributed by atoms with Gasteiger partial charge < -0.3 is 19.6 Å². The molecule has 0 aliphatic carbocycles. The molecule has 0 saturated carbocycles. The molecular weight excluding hydrogens is 454 g/mol. The van der Waals surface area contributed by atoms with Crippen molar-refractivity contribution < 1.29 is 19.4 Å². The highest BCUT2D eigenvalue weighted by Gasteiger charge is 2.38. The maximum absolute atomic E-state index is 13.4. The molecule has 1 N–H and O–H groups in total. The molecule has 0 radical (unpaired) electrons. The van der Waals surface area contributed by atoms with E-state index in [2.05, 4.69) is 17.0 Å². The van der Waals surface area contributed by atoms with Gasteiger partial charge in [-0.05, 0) is 48.9 Å². The minimum Gasteiger partial charge on any atom is -0.506 e. The predicted molar refractivity (Wildman–Crippen MR) is 139 cm³/mol. The first-order valence-corrected chi connectivity index (χ1v) is 12.8. The van der Waals surface area contributed by atoms with Crippen LogP contribution in [0.3, 0.4) is 0 Å². The first kappa shape index (κ1) is 24.1. The van der Waals surface area contributed by atoms with E-state index in [-0.39, 0.29) is 23.1 Å². The number of fused-ring (bicyclic) bond motifs is 1. The fraction of sp³-hybridized carbons (Fsp3) is 0.379. The van der Waals surface area contributed by atoms with E-state index in [0.29, 0.717) is 38.0 Å². The Kier molecular flexibility index (Phi) is 7.09. The number of ether oxygens (including phenoxy) is 1. The van der Waals surface area contributed by atoms with E-state index in [1.54, 1.807) is 17.0 Å². The third-order valence-electron chi connectivity index (χ3n) is 7.25. The number of hydrogen-bond acceptors (Lipinski definition) is 5. The highest BCUT2D eigenvalue weighted by atomic mass is 16.5. The van der Waals surface area contributed by atoms with Crippen molar-refractivity contribution in [2.75, 3.05) is 39.3 Å². The summed E-state index contributed by atoms with van der Waals surface area (Å²) in [7, 11) is 0. The number of rotatable bonds is 6. The fourth-order valence-electron chi connectivity index (χ4n) is 5.30. The lowest BCUT2D eigenvalue weighted by molar-refractivity contribution is -0.137. The normalized spacial score (nSPS) is 18.5. The zero-order valence-electron chi connectivity index (χ0n) is 20.7. The molecule has 2 fully saturated rings. The van der Waals surface area contributed by atoms with E-state index in [0.717, 1.165) is 37.2 Å². The maximum Gasteiger partial charge on any atom is 0.258 e. The van der Waals surface area contributed by atoms with Crippen molar-refractivity contribution in [2.45, 2.75) is 32.4 Å². The maximum atomic E-state index is 13.4. The van der Waals surface area contributed by atoms with Crippen LogP contribution in [0.5, 0.6) is 11.5 Å². The second kappa shape index (κ2) is 10.6. The number of benzene rings is 3. The number of aromatic hydroxyl groups is 1. The fourth-order valence-corrected chi connectivity index (χ4v) is 5.30. The van der Waals surface area contributed by atoms with Crippen LogP contribution in [0, 0.1) is 0 Å². The molecule has 5 rings (SSSR count). The molecule has 2 aliphatic rings. The van der Waals surface area contributed by atoms with Crippen molar-refractivity contribution in [3.05, 3.63) is 71.8 Å². The predicted octanol–water partition coefficient (Wildman–Crippen LogP) is 3.89. The van der Waals surface area contributed by atoms with E-state index in [9.17, 15) is 14.7 Å². The summed E-state index contributed by atoms with van der Waals surface area (Å²) in [6.07, 6.45) is 1.44. The summed E-state index contributed by atoms with van der Waals surface area (Å²) >= 11 is 0. The Hall–Kier alpha value is -3.58.